The summed E-state index contributed by atoms with van der Waals surface area (Å²) in [5.41, 5.74) is 3.02. The first-order valence-corrected chi connectivity index (χ1v) is 10.0. The summed E-state index contributed by atoms with van der Waals surface area (Å²) in [6, 6.07) is 7.52. The van der Waals surface area contributed by atoms with E-state index < -0.39 is 6.10 Å². The monoisotopic (exact) mass is 383 g/mol. The minimum absolute atomic E-state index is 0.0642. The molecule has 150 valence electrons. The van der Waals surface area contributed by atoms with Gasteiger partial charge in [-0.1, -0.05) is 18.9 Å². The Morgan fingerprint density at radius 1 is 1.21 bits per heavy atom. The Kier molecular flexibility index (Phi) is 6.49. The average Bonchev–Trinajstić information content (AvgIpc) is 3.16. The van der Waals surface area contributed by atoms with Crippen molar-refractivity contribution in [3.63, 3.8) is 0 Å². The van der Waals surface area contributed by atoms with Gasteiger partial charge in [0.25, 0.3) is 11.5 Å². The highest BCUT2D eigenvalue weighted by Gasteiger charge is 2.19. The molecule has 1 aliphatic rings. The van der Waals surface area contributed by atoms with Crippen LogP contribution in [0.5, 0.6) is 5.75 Å². The minimum Gasteiger partial charge on any atom is -0.481 e. The third-order valence-corrected chi connectivity index (χ3v) is 5.20. The van der Waals surface area contributed by atoms with Crippen molar-refractivity contribution >= 4 is 5.91 Å². The molecule has 1 aliphatic carbocycles. The van der Waals surface area contributed by atoms with E-state index in [0.717, 1.165) is 29.7 Å². The van der Waals surface area contributed by atoms with Crippen molar-refractivity contribution in [2.75, 3.05) is 6.54 Å². The topological polar surface area (TPSA) is 73.2 Å². The van der Waals surface area contributed by atoms with E-state index in [2.05, 4.69) is 16.4 Å². The molecule has 6 heteroatoms. The van der Waals surface area contributed by atoms with E-state index in [4.69, 9.17) is 4.74 Å². The largest absolute Gasteiger partial charge is 0.481 e. The number of aryl methyl sites for hydroxylation is 2. The SMILES string of the molecule is Cc1cc(C)cc(OC(C)C(=O)NCCn2cnc(C3CCCC3)cc2=O)c1. The Labute approximate surface area is 165 Å². The van der Waals surface area contributed by atoms with Crippen LogP contribution in [0, 0.1) is 13.8 Å². The standard InChI is InChI=1S/C22H29N3O3/c1-15-10-16(2)12-19(11-15)28-17(3)22(27)23-8-9-25-14-24-20(13-21(25)26)18-6-4-5-7-18/h10-14,17-18H,4-9H2,1-3H3,(H,23,27). The summed E-state index contributed by atoms with van der Waals surface area (Å²) >= 11 is 0. The summed E-state index contributed by atoms with van der Waals surface area (Å²) in [6.45, 7) is 6.45. The predicted molar refractivity (Wildman–Crippen MR) is 109 cm³/mol. The maximum atomic E-state index is 12.3. The molecule has 6 nitrogen and oxygen atoms in total. The summed E-state index contributed by atoms with van der Waals surface area (Å²) in [5.74, 6) is 0.899. The van der Waals surface area contributed by atoms with Crippen LogP contribution in [0.2, 0.25) is 0 Å². The van der Waals surface area contributed by atoms with Crippen molar-refractivity contribution in [1.82, 2.24) is 14.9 Å². The van der Waals surface area contributed by atoms with Crippen molar-refractivity contribution in [2.45, 2.75) is 65.0 Å². The zero-order valence-electron chi connectivity index (χ0n) is 16.9. The van der Waals surface area contributed by atoms with E-state index in [9.17, 15) is 9.59 Å². The first kappa shape index (κ1) is 20.1. The third-order valence-electron chi connectivity index (χ3n) is 5.20. The van der Waals surface area contributed by atoms with Crippen LogP contribution in [-0.4, -0.2) is 28.1 Å². The molecule has 0 spiro atoms. The minimum atomic E-state index is -0.610. The first-order chi connectivity index (χ1) is 13.4. The molecule has 2 aromatic rings. The number of hydrogen-bond donors (Lipinski definition) is 1. The van der Waals surface area contributed by atoms with Gasteiger partial charge in [-0.05, 0) is 56.9 Å². The number of amides is 1. The molecule has 0 aliphatic heterocycles. The number of rotatable bonds is 7. The van der Waals surface area contributed by atoms with Crippen LogP contribution < -0.4 is 15.6 Å². The number of nitrogens with zero attached hydrogens (tertiary/aromatic N) is 2. The predicted octanol–water partition coefficient (Wildman–Crippen LogP) is 3.10. The normalized spacial score (nSPS) is 15.4. The van der Waals surface area contributed by atoms with E-state index in [1.807, 2.05) is 26.0 Å². The van der Waals surface area contributed by atoms with Gasteiger partial charge < -0.3 is 10.1 Å². The second-order valence-corrected chi connectivity index (χ2v) is 7.70. The molecular weight excluding hydrogens is 354 g/mol. The molecule has 1 amide bonds. The molecule has 1 aromatic heterocycles. The first-order valence-electron chi connectivity index (χ1n) is 10.0. The number of ether oxygens (including phenoxy) is 1. The maximum absolute atomic E-state index is 12.3. The highest BCUT2D eigenvalue weighted by atomic mass is 16.5. The number of benzene rings is 1. The molecule has 1 atom stereocenters. The molecule has 3 rings (SSSR count). The van der Waals surface area contributed by atoms with Gasteiger partial charge in [0, 0.05) is 25.1 Å². The second kappa shape index (κ2) is 9.04. The molecule has 0 saturated heterocycles. The second-order valence-electron chi connectivity index (χ2n) is 7.70. The molecule has 28 heavy (non-hydrogen) atoms. The molecule has 1 saturated carbocycles. The van der Waals surface area contributed by atoms with Crippen LogP contribution in [0.25, 0.3) is 0 Å². The van der Waals surface area contributed by atoms with E-state index in [1.54, 1.807) is 19.3 Å². The van der Waals surface area contributed by atoms with Crippen molar-refractivity contribution in [3.8, 4) is 5.75 Å². The van der Waals surface area contributed by atoms with Gasteiger partial charge in [0.2, 0.25) is 0 Å². The van der Waals surface area contributed by atoms with Crippen LogP contribution in [0.1, 0.15) is 55.3 Å². The van der Waals surface area contributed by atoms with Gasteiger partial charge >= 0.3 is 0 Å². The van der Waals surface area contributed by atoms with Crippen LogP contribution in [0.15, 0.2) is 35.4 Å². The van der Waals surface area contributed by atoms with Gasteiger partial charge in [0.1, 0.15) is 5.75 Å². The molecule has 0 bridgehead atoms. The third kappa shape index (κ3) is 5.21. The lowest BCUT2D eigenvalue weighted by atomic mass is 10.0. The van der Waals surface area contributed by atoms with Crippen molar-refractivity contribution < 1.29 is 9.53 Å². The van der Waals surface area contributed by atoms with Gasteiger partial charge in [0.05, 0.1) is 12.0 Å². The molecular formula is C22H29N3O3. The molecule has 0 radical (unpaired) electrons. The quantitative estimate of drug-likeness (QED) is 0.797. The number of aromatic nitrogens is 2. The maximum Gasteiger partial charge on any atom is 0.260 e. The fourth-order valence-electron chi connectivity index (χ4n) is 3.75. The Morgan fingerprint density at radius 2 is 1.89 bits per heavy atom. The lowest BCUT2D eigenvalue weighted by Gasteiger charge is -2.16. The van der Waals surface area contributed by atoms with Gasteiger partial charge in [-0.25, -0.2) is 4.98 Å². The Bertz CT molecular complexity index is 865. The summed E-state index contributed by atoms with van der Waals surface area (Å²) in [4.78, 5) is 29.0. The average molecular weight is 383 g/mol. The van der Waals surface area contributed by atoms with Crippen molar-refractivity contribution in [3.05, 3.63) is 57.8 Å². The fourth-order valence-corrected chi connectivity index (χ4v) is 3.75. The summed E-state index contributed by atoms with van der Waals surface area (Å²) in [7, 11) is 0. The lowest BCUT2D eigenvalue weighted by Crippen LogP contribution is -2.39. The van der Waals surface area contributed by atoms with Crippen molar-refractivity contribution in [1.29, 1.82) is 0 Å². The number of carbonyl (C=O) groups is 1. The zero-order valence-corrected chi connectivity index (χ0v) is 16.9. The molecule has 1 unspecified atom stereocenters. The number of hydrogen-bond acceptors (Lipinski definition) is 4. The smallest absolute Gasteiger partial charge is 0.260 e. The zero-order chi connectivity index (χ0) is 20.1. The van der Waals surface area contributed by atoms with Gasteiger partial charge in [-0.2, -0.15) is 0 Å². The molecule has 1 N–H and O–H groups in total. The highest BCUT2D eigenvalue weighted by molar-refractivity contribution is 5.80. The number of nitrogens with one attached hydrogen (secondary N) is 1. The molecule has 1 aromatic carbocycles. The van der Waals surface area contributed by atoms with Crippen LogP contribution in [0.3, 0.4) is 0 Å². The Morgan fingerprint density at radius 3 is 2.54 bits per heavy atom. The van der Waals surface area contributed by atoms with E-state index in [1.165, 1.54) is 17.4 Å². The highest BCUT2D eigenvalue weighted by Crippen LogP contribution is 2.32. The van der Waals surface area contributed by atoms with E-state index in [-0.39, 0.29) is 11.5 Å². The van der Waals surface area contributed by atoms with Crippen LogP contribution in [0.4, 0.5) is 0 Å². The van der Waals surface area contributed by atoms with Crippen molar-refractivity contribution in [2.24, 2.45) is 0 Å². The van der Waals surface area contributed by atoms with Gasteiger partial charge in [-0.15, -0.1) is 0 Å². The fraction of sp³-hybridized carbons (Fsp3) is 0.500. The Hall–Kier alpha value is -2.63. The molecule has 1 fully saturated rings. The lowest BCUT2D eigenvalue weighted by molar-refractivity contribution is -0.127. The summed E-state index contributed by atoms with van der Waals surface area (Å²) in [6.07, 6.45) is 5.64. The van der Waals surface area contributed by atoms with Crippen LogP contribution in [-0.2, 0) is 11.3 Å². The summed E-state index contributed by atoms with van der Waals surface area (Å²) < 4.78 is 7.28. The van der Waals surface area contributed by atoms with E-state index in [0.29, 0.717) is 24.8 Å². The summed E-state index contributed by atoms with van der Waals surface area (Å²) in [5, 5.41) is 2.83. The van der Waals surface area contributed by atoms with Crippen LogP contribution >= 0.6 is 0 Å². The Balaban J connectivity index is 1.50. The van der Waals surface area contributed by atoms with E-state index >= 15 is 0 Å². The number of carbonyl (C=O) groups excluding carboxylic acids is 1. The van der Waals surface area contributed by atoms with Gasteiger partial charge in [0.15, 0.2) is 6.10 Å². The van der Waals surface area contributed by atoms with Gasteiger partial charge in [-0.3, -0.25) is 14.2 Å². The molecule has 1 heterocycles.